The van der Waals surface area contributed by atoms with Gasteiger partial charge in [0.15, 0.2) is 5.96 Å². The molecule has 0 aliphatic rings. The fourth-order valence-corrected chi connectivity index (χ4v) is 2.19. The zero-order valence-electron chi connectivity index (χ0n) is 15.3. The Morgan fingerprint density at radius 3 is 2.69 bits per heavy atom. The molecule has 0 aliphatic carbocycles. The van der Waals surface area contributed by atoms with Gasteiger partial charge in [-0.25, -0.2) is 4.99 Å². The zero-order valence-corrected chi connectivity index (χ0v) is 15.3. The Hall–Kier alpha value is -2.96. The van der Waals surface area contributed by atoms with Crippen LogP contribution in [0.1, 0.15) is 12.7 Å². The topological polar surface area (TPSA) is 79.1 Å². The fourth-order valence-electron chi connectivity index (χ4n) is 2.19. The van der Waals surface area contributed by atoms with Gasteiger partial charge in [-0.3, -0.25) is 4.79 Å². The average molecular weight is 358 g/mol. The van der Waals surface area contributed by atoms with E-state index in [4.69, 9.17) is 9.15 Å². The summed E-state index contributed by atoms with van der Waals surface area (Å²) in [4.78, 5) is 18.2. The first-order valence-electron chi connectivity index (χ1n) is 8.65. The average Bonchev–Trinajstić information content (AvgIpc) is 3.18. The summed E-state index contributed by atoms with van der Waals surface area (Å²) < 4.78 is 10.9. The van der Waals surface area contributed by atoms with E-state index in [1.165, 1.54) is 0 Å². The molecule has 0 saturated heterocycles. The second-order valence-electron chi connectivity index (χ2n) is 5.61. The highest BCUT2D eigenvalue weighted by Crippen LogP contribution is 2.07. The van der Waals surface area contributed by atoms with Crippen LogP contribution in [0.3, 0.4) is 0 Å². The minimum atomic E-state index is -0.161. The van der Waals surface area contributed by atoms with E-state index >= 15 is 0 Å². The number of para-hydroxylation sites is 1. The van der Waals surface area contributed by atoms with Crippen molar-refractivity contribution in [3.63, 3.8) is 0 Å². The highest BCUT2D eigenvalue weighted by atomic mass is 16.5. The highest BCUT2D eigenvalue weighted by Gasteiger charge is 2.08. The molecule has 26 heavy (non-hydrogen) atoms. The standard InChI is InChI=1S/C19H26N4O3/c1-3-20-19(22-15-18(24)21-14-17-10-7-12-25-17)23(2)11-13-26-16-8-5-4-6-9-16/h4-10,12H,3,11,13-15H2,1-2H3,(H,20,22)(H,21,24). The van der Waals surface area contributed by atoms with Crippen molar-refractivity contribution < 1.29 is 13.9 Å². The molecule has 1 aromatic heterocycles. The molecule has 140 valence electrons. The number of nitrogens with one attached hydrogen (secondary N) is 2. The summed E-state index contributed by atoms with van der Waals surface area (Å²) in [6.45, 7) is 4.29. The molecule has 0 fully saturated rings. The lowest BCUT2D eigenvalue weighted by Gasteiger charge is -2.22. The predicted molar refractivity (Wildman–Crippen MR) is 101 cm³/mol. The largest absolute Gasteiger partial charge is 0.492 e. The number of furan rings is 1. The SMILES string of the molecule is CCNC(=NCC(=O)NCc1ccco1)N(C)CCOc1ccccc1. The second-order valence-corrected chi connectivity index (χ2v) is 5.61. The molecule has 0 saturated carbocycles. The van der Waals surface area contributed by atoms with Gasteiger partial charge >= 0.3 is 0 Å². The number of hydrogen-bond acceptors (Lipinski definition) is 4. The van der Waals surface area contributed by atoms with E-state index in [9.17, 15) is 4.79 Å². The van der Waals surface area contributed by atoms with Crippen molar-refractivity contribution in [3.8, 4) is 5.75 Å². The summed E-state index contributed by atoms with van der Waals surface area (Å²) in [6.07, 6.45) is 1.58. The van der Waals surface area contributed by atoms with Crippen LogP contribution in [0, 0.1) is 0 Å². The van der Waals surface area contributed by atoms with Crippen molar-refractivity contribution >= 4 is 11.9 Å². The van der Waals surface area contributed by atoms with Crippen molar-refractivity contribution in [3.05, 3.63) is 54.5 Å². The van der Waals surface area contributed by atoms with Gasteiger partial charge in [0.05, 0.1) is 19.4 Å². The van der Waals surface area contributed by atoms with Crippen LogP contribution in [0.4, 0.5) is 0 Å². The molecule has 0 radical (unpaired) electrons. The summed E-state index contributed by atoms with van der Waals surface area (Å²) in [5, 5.41) is 5.95. The molecule has 2 N–H and O–H groups in total. The van der Waals surface area contributed by atoms with Crippen molar-refractivity contribution in [1.29, 1.82) is 0 Å². The van der Waals surface area contributed by atoms with Crippen LogP contribution < -0.4 is 15.4 Å². The monoisotopic (exact) mass is 358 g/mol. The van der Waals surface area contributed by atoms with E-state index in [-0.39, 0.29) is 12.5 Å². The molecule has 0 spiro atoms. The normalized spacial score (nSPS) is 11.1. The maximum absolute atomic E-state index is 11.9. The second kappa shape index (κ2) is 10.8. The number of ether oxygens (including phenoxy) is 1. The van der Waals surface area contributed by atoms with Crippen LogP contribution in [0.15, 0.2) is 58.1 Å². The predicted octanol–water partition coefficient (Wildman–Crippen LogP) is 1.87. The van der Waals surface area contributed by atoms with Crippen LogP contribution in [0.2, 0.25) is 0 Å². The number of likely N-dealkylation sites (N-methyl/N-ethyl adjacent to an activating group) is 1. The summed E-state index contributed by atoms with van der Waals surface area (Å²) in [6, 6.07) is 13.3. The lowest BCUT2D eigenvalue weighted by molar-refractivity contribution is -0.119. The Balaban J connectivity index is 1.77. The number of hydrogen-bond donors (Lipinski definition) is 2. The Morgan fingerprint density at radius 1 is 1.19 bits per heavy atom. The number of carbonyl (C=O) groups excluding carboxylic acids is 1. The maximum atomic E-state index is 11.9. The van der Waals surface area contributed by atoms with Crippen LogP contribution in [-0.2, 0) is 11.3 Å². The van der Waals surface area contributed by atoms with Gasteiger partial charge in [-0.2, -0.15) is 0 Å². The molecular weight excluding hydrogens is 332 g/mol. The first kappa shape index (κ1) is 19.4. The molecule has 1 aromatic carbocycles. The summed E-state index contributed by atoms with van der Waals surface area (Å²) in [7, 11) is 1.91. The first-order chi connectivity index (χ1) is 12.7. The van der Waals surface area contributed by atoms with E-state index in [2.05, 4.69) is 15.6 Å². The van der Waals surface area contributed by atoms with E-state index in [0.29, 0.717) is 31.4 Å². The number of guanidine groups is 1. The number of benzene rings is 1. The molecular formula is C19H26N4O3. The first-order valence-corrected chi connectivity index (χ1v) is 8.65. The van der Waals surface area contributed by atoms with Crippen LogP contribution in [0.5, 0.6) is 5.75 Å². The van der Waals surface area contributed by atoms with E-state index < -0.39 is 0 Å². The molecule has 7 nitrogen and oxygen atoms in total. The molecule has 1 amide bonds. The Morgan fingerprint density at radius 2 is 2.00 bits per heavy atom. The van der Waals surface area contributed by atoms with Gasteiger partial charge in [-0.15, -0.1) is 0 Å². The third-order valence-electron chi connectivity index (χ3n) is 3.55. The number of carbonyl (C=O) groups is 1. The Kier molecular flexibility index (Phi) is 8.05. The van der Waals surface area contributed by atoms with Crippen molar-refractivity contribution in [2.75, 3.05) is 33.3 Å². The van der Waals surface area contributed by atoms with Gasteiger partial charge in [0, 0.05) is 13.6 Å². The molecule has 7 heteroatoms. The lowest BCUT2D eigenvalue weighted by Crippen LogP contribution is -2.41. The third-order valence-corrected chi connectivity index (χ3v) is 3.55. The molecule has 0 bridgehead atoms. The quantitative estimate of drug-likeness (QED) is 0.528. The summed E-state index contributed by atoms with van der Waals surface area (Å²) in [5.74, 6) is 2.05. The number of aliphatic imine (C=N–C) groups is 1. The number of amides is 1. The van der Waals surface area contributed by atoms with Gasteiger partial charge in [0.2, 0.25) is 5.91 Å². The van der Waals surface area contributed by atoms with Gasteiger partial charge < -0.3 is 24.7 Å². The van der Waals surface area contributed by atoms with Gasteiger partial charge in [-0.1, -0.05) is 18.2 Å². The van der Waals surface area contributed by atoms with Gasteiger partial charge in [-0.05, 0) is 31.2 Å². The molecule has 2 rings (SSSR count). The minimum Gasteiger partial charge on any atom is -0.492 e. The zero-order chi connectivity index (χ0) is 18.6. The lowest BCUT2D eigenvalue weighted by atomic mass is 10.3. The Labute approximate surface area is 154 Å². The van der Waals surface area contributed by atoms with E-state index in [1.807, 2.05) is 55.3 Å². The molecule has 0 atom stereocenters. The molecule has 1 heterocycles. The maximum Gasteiger partial charge on any atom is 0.242 e. The van der Waals surface area contributed by atoms with Gasteiger partial charge in [0.1, 0.15) is 24.7 Å². The Bertz CT molecular complexity index is 671. The van der Waals surface area contributed by atoms with Crippen LogP contribution >= 0.6 is 0 Å². The molecule has 2 aromatic rings. The number of nitrogens with zero attached hydrogens (tertiary/aromatic N) is 2. The fraction of sp³-hybridized carbons (Fsp3) is 0.368. The van der Waals surface area contributed by atoms with E-state index in [0.717, 1.165) is 12.3 Å². The van der Waals surface area contributed by atoms with Gasteiger partial charge in [0.25, 0.3) is 0 Å². The minimum absolute atomic E-state index is 0.0485. The number of rotatable bonds is 9. The summed E-state index contributed by atoms with van der Waals surface area (Å²) >= 11 is 0. The molecule has 0 aliphatic heterocycles. The third kappa shape index (κ3) is 6.88. The van der Waals surface area contributed by atoms with Crippen molar-refractivity contribution in [2.45, 2.75) is 13.5 Å². The van der Waals surface area contributed by atoms with Crippen LogP contribution in [0.25, 0.3) is 0 Å². The van der Waals surface area contributed by atoms with Crippen molar-refractivity contribution in [1.82, 2.24) is 15.5 Å². The van der Waals surface area contributed by atoms with Crippen molar-refractivity contribution in [2.24, 2.45) is 4.99 Å². The van der Waals surface area contributed by atoms with E-state index in [1.54, 1.807) is 12.3 Å². The van der Waals surface area contributed by atoms with Crippen LogP contribution in [-0.4, -0.2) is 50.1 Å². The molecule has 0 unspecified atom stereocenters. The smallest absolute Gasteiger partial charge is 0.242 e. The summed E-state index contributed by atoms with van der Waals surface area (Å²) in [5.41, 5.74) is 0. The highest BCUT2D eigenvalue weighted by molar-refractivity contribution is 5.84.